The van der Waals surface area contributed by atoms with Crippen molar-refractivity contribution in [2.24, 2.45) is 5.10 Å². The van der Waals surface area contributed by atoms with Gasteiger partial charge in [-0.1, -0.05) is 41.9 Å². The number of benzene rings is 3. The predicted molar refractivity (Wildman–Crippen MR) is 126 cm³/mol. The van der Waals surface area contributed by atoms with Crippen LogP contribution in [0.25, 0.3) is 0 Å². The van der Waals surface area contributed by atoms with Crippen LogP contribution in [-0.2, 0) is 16.1 Å². The third kappa shape index (κ3) is 4.74. The summed E-state index contributed by atoms with van der Waals surface area (Å²) in [4.78, 5) is 12.3. The van der Waals surface area contributed by atoms with Crippen molar-refractivity contribution in [2.45, 2.75) is 19.8 Å². The highest BCUT2D eigenvalue weighted by Gasteiger charge is 2.34. The van der Waals surface area contributed by atoms with Crippen LogP contribution in [0.15, 0.2) is 76.3 Å². The number of ether oxygens (including phenoxy) is 3. The number of nitrogens with zero attached hydrogens (tertiary/aromatic N) is 2. The first-order valence-corrected chi connectivity index (χ1v) is 11.0. The van der Waals surface area contributed by atoms with Gasteiger partial charge in [0.15, 0.2) is 11.5 Å². The predicted octanol–water partition coefficient (Wildman–Crippen LogP) is 5.93. The van der Waals surface area contributed by atoms with E-state index in [9.17, 15) is 4.79 Å². The standard InChI is InChI=1S/C24H20BrClN2O4/c1-15(29)28-24(32-23(27-28)17-8-10-19(26)11-9-17)18-12-20(25)22(21(13-18)30-2)31-14-16-6-4-3-5-7-16/h3-13,24H,14H2,1-2H3. The zero-order valence-electron chi connectivity index (χ0n) is 17.4. The highest BCUT2D eigenvalue weighted by Crippen LogP contribution is 2.41. The SMILES string of the molecule is COc1cc(C2OC(c3ccc(Cl)cc3)=NN2C(C)=O)cc(Br)c1OCc1ccccc1. The van der Waals surface area contributed by atoms with Crippen molar-refractivity contribution in [2.75, 3.05) is 7.11 Å². The Morgan fingerprint density at radius 1 is 1.16 bits per heavy atom. The Morgan fingerprint density at radius 2 is 1.88 bits per heavy atom. The molecule has 0 saturated carbocycles. The fourth-order valence-corrected chi connectivity index (χ4v) is 3.94. The molecule has 0 spiro atoms. The van der Waals surface area contributed by atoms with Gasteiger partial charge in [-0.2, -0.15) is 5.01 Å². The molecule has 1 aliphatic rings. The summed E-state index contributed by atoms with van der Waals surface area (Å²) < 4.78 is 18.3. The lowest BCUT2D eigenvalue weighted by molar-refractivity contribution is -0.135. The summed E-state index contributed by atoms with van der Waals surface area (Å²) in [5, 5.41) is 6.28. The minimum Gasteiger partial charge on any atom is -0.493 e. The Balaban J connectivity index is 1.61. The molecule has 0 fully saturated rings. The van der Waals surface area contributed by atoms with Crippen LogP contribution >= 0.6 is 27.5 Å². The number of methoxy groups -OCH3 is 1. The molecule has 1 unspecified atom stereocenters. The summed E-state index contributed by atoms with van der Waals surface area (Å²) >= 11 is 9.54. The lowest BCUT2D eigenvalue weighted by atomic mass is 10.1. The van der Waals surface area contributed by atoms with Gasteiger partial charge in [0.05, 0.1) is 11.6 Å². The fraction of sp³-hybridized carbons (Fsp3) is 0.167. The Labute approximate surface area is 199 Å². The Bertz CT molecular complexity index is 1150. The zero-order chi connectivity index (χ0) is 22.7. The number of rotatable bonds is 6. The molecule has 1 heterocycles. The average Bonchev–Trinajstić information content (AvgIpc) is 3.25. The van der Waals surface area contributed by atoms with Crippen molar-refractivity contribution in [3.05, 3.63) is 92.9 Å². The van der Waals surface area contributed by atoms with Crippen LogP contribution in [0.2, 0.25) is 5.02 Å². The van der Waals surface area contributed by atoms with E-state index >= 15 is 0 Å². The second kappa shape index (κ2) is 9.63. The molecule has 0 aromatic heterocycles. The molecule has 32 heavy (non-hydrogen) atoms. The molecule has 1 atom stereocenters. The first kappa shape index (κ1) is 22.2. The molecule has 6 nitrogen and oxygen atoms in total. The van der Waals surface area contributed by atoms with Gasteiger partial charge in [0, 0.05) is 23.1 Å². The minimum absolute atomic E-state index is 0.251. The molecule has 8 heteroatoms. The summed E-state index contributed by atoms with van der Waals surface area (Å²) in [5.41, 5.74) is 2.44. The number of halogens is 2. The van der Waals surface area contributed by atoms with Crippen molar-refractivity contribution in [3.63, 3.8) is 0 Å². The third-order valence-electron chi connectivity index (χ3n) is 4.82. The molecule has 1 aliphatic heterocycles. The summed E-state index contributed by atoms with van der Waals surface area (Å²) in [6, 6.07) is 20.5. The van der Waals surface area contributed by atoms with Crippen LogP contribution in [0.3, 0.4) is 0 Å². The smallest absolute Gasteiger partial charge is 0.243 e. The van der Waals surface area contributed by atoms with Crippen molar-refractivity contribution < 1.29 is 19.0 Å². The number of carbonyl (C=O) groups is 1. The van der Waals surface area contributed by atoms with E-state index < -0.39 is 6.23 Å². The molecule has 3 aromatic rings. The number of amides is 1. The summed E-state index contributed by atoms with van der Waals surface area (Å²) in [5.74, 6) is 1.16. The fourth-order valence-electron chi connectivity index (χ4n) is 3.24. The van der Waals surface area contributed by atoms with Gasteiger partial charge >= 0.3 is 0 Å². The maximum atomic E-state index is 12.3. The van der Waals surface area contributed by atoms with Gasteiger partial charge in [0.1, 0.15) is 6.61 Å². The van der Waals surface area contributed by atoms with Gasteiger partial charge in [0.25, 0.3) is 0 Å². The lowest BCUT2D eigenvalue weighted by Crippen LogP contribution is -2.25. The second-order valence-electron chi connectivity index (χ2n) is 7.05. The number of carbonyl (C=O) groups excluding carboxylic acids is 1. The van der Waals surface area contributed by atoms with Crippen LogP contribution < -0.4 is 9.47 Å². The summed E-state index contributed by atoms with van der Waals surface area (Å²) in [7, 11) is 1.56. The van der Waals surface area contributed by atoms with E-state index in [1.807, 2.05) is 36.4 Å². The van der Waals surface area contributed by atoms with Crippen molar-refractivity contribution in [1.82, 2.24) is 5.01 Å². The van der Waals surface area contributed by atoms with E-state index in [1.54, 1.807) is 37.4 Å². The van der Waals surface area contributed by atoms with Crippen LogP contribution in [0.1, 0.15) is 29.8 Å². The molecule has 0 saturated heterocycles. The number of hydrogen-bond acceptors (Lipinski definition) is 5. The quantitative estimate of drug-likeness (QED) is 0.408. The Hall–Kier alpha value is -3.03. The van der Waals surface area contributed by atoms with E-state index in [4.69, 9.17) is 25.8 Å². The Kier molecular flexibility index (Phi) is 6.67. The van der Waals surface area contributed by atoms with E-state index in [0.717, 1.165) is 11.1 Å². The van der Waals surface area contributed by atoms with Crippen LogP contribution in [0.5, 0.6) is 11.5 Å². The average molecular weight is 516 g/mol. The summed E-state index contributed by atoms with van der Waals surface area (Å²) in [6.45, 7) is 1.83. The second-order valence-corrected chi connectivity index (χ2v) is 8.35. The molecule has 4 rings (SSSR count). The highest BCUT2D eigenvalue weighted by molar-refractivity contribution is 9.10. The summed E-state index contributed by atoms with van der Waals surface area (Å²) in [6.07, 6.45) is -0.744. The number of hydrogen-bond donors (Lipinski definition) is 0. The van der Waals surface area contributed by atoms with E-state index in [-0.39, 0.29) is 5.91 Å². The number of hydrazone groups is 1. The van der Waals surface area contributed by atoms with Crippen molar-refractivity contribution in [1.29, 1.82) is 0 Å². The van der Waals surface area contributed by atoms with Crippen molar-refractivity contribution >= 4 is 39.3 Å². The van der Waals surface area contributed by atoms with Crippen LogP contribution in [0.4, 0.5) is 0 Å². The molecular weight excluding hydrogens is 496 g/mol. The van der Waals surface area contributed by atoms with Crippen molar-refractivity contribution in [3.8, 4) is 11.5 Å². The molecule has 164 valence electrons. The van der Waals surface area contributed by atoms with E-state index in [0.29, 0.717) is 39.1 Å². The molecule has 0 bridgehead atoms. The minimum atomic E-state index is -0.744. The van der Waals surface area contributed by atoms with Gasteiger partial charge in [0.2, 0.25) is 18.0 Å². The maximum Gasteiger partial charge on any atom is 0.243 e. The molecular formula is C24H20BrClN2O4. The molecule has 0 radical (unpaired) electrons. The Morgan fingerprint density at radius 3 is 2.53 bits per heavy atom. The van der Waals surface area contributed by atoms with Gasteiger partial charge in [-0.25, -0.2) is 0 Å². The molecule has 1 amide bonds. The normalized spacial score (nSPS) is 15.2. The monoisotopic (exact) mass is 514 g/mol. The molecule has 0 aliphatic carbocycles. The third-order valence-corrected chi connectivity index (χ3v) is 5.66. The van der Waals surface area contributed by atoms with Gasteiger partial charge in [-0.3, -0.25) is 4.79 Å². The molecule has 3 aromatic carbocycles. The highest BCUT2D eigenvalue weighted by atomic mass is 79.9. The lowest BCUT2D eigenvalue weighted by Gasteiger charge is -2.21. The zero-order valence-corrected chi connectivity index (χ0v) is 19.8. The topological polar surface area (TPSA) is 60.4 Å². The van der Waals surface area contributed by atoms with E-state index in [2.05, 4.69) is 21.0 Å². The van der Waals surface area contributed by atoms with Crippen LogP contribution in [0, 0.1) is 0 Å². The van der Waals surface area contributed by atoms with E-state index in [1.165, 1.54) is 11.9 Å². The van der Waals surface area contributed by atoms with Crippen LogP contribution in [-0.4, -0.2) is 23.9 Å². The first-order valence-electron chi connectivity index (χ1n) is 9.81. The van der Waals surface area contributed by atoms with Gasteiger partial charge in [-0.05, 0) is 57.9 Å². The first-order chi connectivity index (χ1) is 15.5. The van der Waals surface area contributed by atoms with Gasteiger partial charge < -0.3 is 14.2 Å². The maximum absolute atomic E-state index is 12.3. The largest absolute Gasteiger partial charge is 0.493 e. The van der Waals surface area contributed by atoms with Gasteiger partial charge in [-0.15, -0.1) is 5.10 Å². The molecule has 0 N–H and O–H groups in total.